The molecule has 0 saturated carbocycles. The summed E-state index contributed by atoms with van der Waals surface area (Å²) in [7, 11) is -0.313. The van der Waals surface area contributed by atoms with Crippen molar-refractivity contribution in [3.8, 4) is 6.07 Å². The molecule has 0 aromatic rings. The van der Waals surface area contributed by atoms with Crippen LogP contribution in [0.25, 0.3) is 0 Å². The summed E-state index contributed by atoms with van der Waals surface area (Å²) in [6, 6.07) is 1.50. The summed E-state index contributed by atoms with van der Waals surface area (Å²) < 4.78 is 11.1. The summed E-state index contributed by atoms with van der Waals surface area (Å²) in [5, 5.41) is 46.1. The first kappa shape index (κ1) is 30.6. The molecule has 0 aliphatic carbocycles. The van der Waals surface area contributed by atoms with E-state index in [1.807, 2.05) is 27.7 Å². The predicted molar refractivity (Wildman–Crippen MR) is 127 cm³/mol. The SMILES string of the molecule is CN=C(C(=O)N(N)C1OC(COC(C(=O)O)P(NC(C)C)NC(C)C)C(O)C1O)C(N)=C(N)C#N. The zero-order valence-corrected chi connectivity index (χ0v) is 21.1. The second-order valence-corrected chi connectivity index (χ2v) is 9.96. The minimum atomic E-state index is -1.67. The van der Waals surface area contributed by atoms with Crippen LogP contribution in [-0.2, 0) is 19.1 Å². The first-order valence-corrected chi connectivity index (χ1v) is 12.1. The monoisotopic (exact) mass is 518 g/mol. The van der Waals surface area contributed by atoms with Crippen LogP contribution in [0.5, 0.6) is 0 Å². The van der Waals surface area contributed by atoms with E-state index in [1.165, 1.54) is 7.05 Å². The van der Waals surface area contributed by atoms with Gasteiger partial charge < -0.3 is 36.3 Å². The zero-order chi connectivity index (χ0) is 27.0. The molecule has 1 rings (SSSR count). The van der Waals surface area contributed by atoms with E-state index < -0.39 is 74.2 Å². The maximum absolute atomic E-state index is 12.7. The molecule has 1 amide bonds. The summed E-state index contributed by atoms with van der Waals surface area (Å²) in [6.07, 6.45) is -5.99. The lowest BCUT2D eigenvalue weighted by atomic mass is 10.1. The van der Waals surface area contributed by atoms with E-state index in [2.05, 4.69) is 15.2 Å². The van der Waals surface area contributed by atoms with Crippen LogP contribution in [0.4, 0.5) is 0 Å². The quantitative estimate of drug-likeness (QED) is 0.0335. The van der Waals surface area contributed by atoms with E-state index in [-0.39, 0.29) is 12.1 Å². The van der Waals surface area contributed by atoms with Gasteiger partial charge in [0.05, 0.1) is 20.5 Å². The summed E-state index contributed by atoms with van der Waals surface area (Å²) in [5.41, 5.74) is 9.78. The average Bonchev–Trinajstić information content (AvgIpc) is 3.05. The molecule has 0 aromatic carbocycles. The molecule has 15 nitrogen and oxygen atoms in total. The van der Waals surface area contributed by atoms with Gasteiger partial charge >= 0.3 is 5.97 Å². The molecule has 0 aromatic heterocycles. The van der Waals surface area contributed by atoms with Crippen LogP contribution < -0.4 is 27.5 Å². The molecule has 1 saturated heterocycles. The fourth-order valence-corrected chi connectivity index (χ4v) is 4.94. The van der Waals surface area contributed by atoms with Gasteiger partial charge in [-0.2, -0.15) is 5.26 Å². The Morgan fingerprint density at radius 1 is 1.20 bits per heavy atom. The van der Waals surface area contributed by atoms with Gasteiger partial charge in [0, 0.05) is 19.1 Å². The molecule has 1 aliphatic heterocycles. The molecule has 198 valence electrons. The molecule has 11 N–H and O–H groups in total. The number of aliphatic hydroxyl groups is 2. The number of carbonyl (C=O) groups is 2. The Labute approximate surface area is 204 Å². The largest absolute Gasteiger partial charge is 0.479 e. The second kappa shape index (κ2) is 13.6. The van der Waals surface area contributed by atoms with Crippen LogP contribution in [-0.4, -0.2) is 94.0 Å². The number of rotatable bonds is 12. The summed E-state index contributed by atoms with van der Waals surface area (Å²) in [5.74, 6) is 2.23. The van der Waals surface area contributed by atoms with Gasteiger partial charge in [-0.15, -0.1) is 0 Å². The number of carboxylic acids is 1. The van der Waals surface area contributed by atoms with Gasteiger partial charge in [-0.05, 0) is 27.7 Å². The van der Waals surface area contributed by atoms with E-state index >= 15 is 0 Å². The fraction of sp³-hybridized carbons (Fsp3) is 0.684. The number of nitrogens with zero attached hydrogens (tertiary/aromatic N) is 3. The van der Waals surface area contributed by atoms with Crippen molar-refractivity contribution < 1.29 is 34.4 Å². The lowest BCUT2D eigenvalue weighted by Crippen LogP contribution is -2.54. The zero-order valence-electron chi connectivity index (χ0n) is 20.2. The molecule has 0 bridgehead atoms. The van der Waals surface area contributed by atoms with Gasteiger partial charge in [0.15, 0.2) is 6.23 Å². The van der Waals surface area contributed by atoms with Crippen LogP contribution in [0.15, 0.2) is 16.4 Å². The normalized spacial score (nSPS) is 24.5. The highest BCUT2D eigenvalue weighted by atomic mass is 31.1. The molecule has 0 spiro atoms. The van der Waals surface area contributed by atoms with Crippen molar-refractivity contribution in [1.82, 2.24) is 15.2 Å². The molecule has 1 aliphatic rings. The number of carbonyl (C=O) groups excluding carboxylic acids is 1. The standard InChI is InChI=1S/C19H35N8O7P/c1-8(2)25-35(26-9(3)4)19(18(31)32)33-7-11-14(28)15(29)17(34-11)27(23)16(30)13(24-5)12(22)10(21)6-20/h8-9,11,14-15,17,19,25-26,28-29H,7,21-23H2,1-5H3,(H,31,32). The maximum atomic E-state index is 12.7. The van der Waals surface area contributed by atoms with Gasteiger partial charge in [0.1, 0.15) is 35.8 Å². The van der Waals surface area contributed by atoms with Gasteiger partial charge in [0.25, 0.3) is 5.91 Å². The predicted octanol–water partition coefficient (Wildman–Crippen LogP) is -2.41. The fourth-order valence-electron chi connectivity index (χ4n) is 3.02. The van der Waals surface area contributed by atoms with E-state index in [0.29, 0.717) is 5.01 Å². The third-order valence-corrected chi connectivity index (χ3v) is 7.02. The Morgan fingerprint density at radius 3 is 2.17 bits per heavy atom. The lowest BCUT2D eigenvalue weighted by molar-refractivity contribution is -0.152. The molecule has 35 heavy (non-hydrogen) atoms. The van der Waals surface area contributed by atoms with Gasteiger partial charge in [-0.25, -0.2) is 15.6 Å². The topological polar surface area (TPSA) is 255 Å². The van der Waals surface area contributed by atoms with Crippen molar-refractivity contribution >= 4 is 25.8 Å². The van der Waals surface area contributed by atoms with Gasteiger partial charge in [0.2, 0.25) is 5.85 Å². The van der Waals surface area contributed by atoms with E-state index in [9.17, 15) is 24.9 Å². The highest BCUT2D eigenvalue weighted by Gasteiger charge is 2.47. The molecular formula is C19H35N8O7P. The van der Waals surface area contributed by atoms with Crippen LogP contribution in [0.3, 0.4) is 0 Å². The average molecular weight is 519 g/mol. The number of hydrogen-bond donors (Lipinski definition) is 8. The third kappa shape index (κ3) is 8.06. The first-order chi connectivity index (χ1) is 16.3. The molecule has 1 fully saturated rings. The van der Waals surface area contributed by atoms with Gasteiger partial charge in [-0.3, -0.25) is 20.0 Å². The number of hydrazine groups is 1. The number of nitrogens with one attached hydrogen (secondary N) is 2. The number of aliphatic hydroxyl groups excluding tert-OH is 2. The summed E-state index contributed by atoms with van der Waals surface area (Å²) >= 11 is 0. The summed E-state index contributed by atoms with van der Waals surface area (Å²) in [4.78, 5) is 28.3. The van der Waals surface area contributed by atoms with Crippen molar-refractivity contribution in [1.29, 1.82) is 5.26 Å². The molecule has 16 heteroatoms. The number of aliphatic imine (C=N–C) groups is 1. The van der Waals surface area contributed by atoms with E-state index in [0.717, 1.165) is 0 Å². The molecule has 1 heterocycles. The van der Waals surface area contributed by atoms with Crippen molar-refractivity contribution in [2.24, 2.45) is 22.3 Å². The maximum Gasteiger partial charge on any atom is 0.340 e. The Hall–Kier alpha value is -2.41. The lowest BCUT2D eigenvalue weighted by Gasteiger charge is -2.30. The third-order valence-electron chi connectivity index (χ3n) is 4.60. The number of nitrogens with two attached hydrogens (primary N) is 3. The van der Waals surface area contributed by atoms with Crippen LogP contribution in [0.2, 0.25) is 0 Å². The molecular weight excluding hydrogens is 483 g/mol. The number of aliphatic carboxylic acids is 1. The summed E-state index contributed by atoms with van der Waals surface area (Å²) in [6.45, 7) is 6.99. The highest BCUT2D eigenvalue weighted by molar-refractivity contribution is 7.55. The van der Waals surface area contributed by atoms with Crippen LogP contribution in [0, 0.1) is 11.3 Å². The van der Waals surface area contributed by atoms with E-state index in [1.54, 1.807) is 6.07 Å². The molecule has 5 unspecified atom stereocenters. The minimum absolute atomic E-state index is 0.0415. The number of amides is 1. The van der Waals surface area contributed by atoms with Crippen molar-refractivity contribution in [2.45, 2.75) is 70.2 Å². The number of allylic oxidation sites excluding steroid dienone is 1. The number of hydrogen-bond acceptors (Lipinski definition) is 13. The van der Waals surface area contributed by atoms with Crippen molar-refractivity contribution in [2.75, 3.05) is 13.7 Å². The van der Waals surface area contributed by atoms with Crippen molar-refractivity contribution in [3.05, 3.63) is 11.4 Å². The Morgan fingerprint density at radius 2 is 1.74 bits per heavy atom. The Balaban J connectivity index is 3.00. The number of carboxylic acid groups (broad SMARTS) is 1. The highest BCUT2D eigenvalue weighted by Crippen LogP contribution is 2.36. The Bertz CT molecular complexity index is 853. The van der Waals surface area contributed by atoms with Crippen LogP contribution >= 0.6 is 8.22 Å². The van der Waals surface area contributed by atoms with Gasteiger partial charge in [-0.1, -0.05) is 0 Å². The number of ether oxygens (including phenoxy) is 2. The van der Waals surface area contributed by atoms with E-state index in [4.69, 9.17) is 32.0 Å². The second-order valence-electron chi connectivity index (χ2n) is 8.23. The smallest absolute Gasteiger partial charge is 0.340 e. The molecule has 0 radical (unpaired) electrons. The van der Waals surface area contributed by atoms with Crippen molar-refractivity contribution in [3.63, 3.8) is 0 Å². The number of nitriles is 1. The Kier molecular flexibility index (Phi) is 11.9. The minimum Gasteiger partial charge on any atom is -0.479 e. The molecule has 5 atom stereocenters. The first-order valence-electron chi connectivity index (χ1n) is 10.6. The van der Waals surface area contributed by atoms with Crippen LogP contribution in [0.1, 0.15) is 27.7 Å².